The van der Waals surface area contributed by atoms with Crippen LogP contribution in [0.2, 0.25) is 0 Å². The molecule has 3 aromatic rings. The van der Waals surface area contributed by atoms with Gasteiger partial charge < -0.3 is 10.4 Å². The van der Waals surface area contributed by atoms with Gasteiger partial charge in [0.15, 0.2) is 0 Å². The van der Waals surface area contributed by atoms with E-state index in [1.54, 1.807) is 24.3 Å². The van der Waals surface area contributed by atoms with Crippen LogP contribution < -0.4 is 9.62 Å². The van der Waals surface area contributed by atoms with Crippen LogP contribution in [-0.4, -0.2) is 44.4 Å². The van der Waals surface area contributed by atoms with Crippen molar-refractivity contribution >= 4 is 60.6 Å². The number of sulfonamides is 1. The normalized spacial score (nSPS) is 15.4. The second-order valence-corrected chi connectivity index (χ2v) is 11.4. The number of halogens is 1. The highest BCUT2D eigenvalue weighted by molar-refractivity contribution is 9.10. The zero-order valence-corrected chi connectivity index (χ0v) is 22.0. The number of hydrogen-bond acceptors (Lipinski definition) is 5. The molecule has 1 amide bonds. The van der Waals surface area contributed by atoms with Gasteiger partial charge in [-0.25, -0.2) is 8.42 Å². The summed E-state index contributed by atoms with van der Waals surface area (Å²) in [4.78, 5) is 28.9. The number of aliphatic carboxylic acids is 1. The van der Waals surface area contributed by atoms with Crippen molar-refractivity contribution in [2.45, 2.75) is 18.8 Å². The van der Waals surface area contributed by atoms with Gasteiger partial charge in [0.2, 0.25) is 15.9 Å². The molecule has 0 bridgehead atoms. The van der Waals surface area contributed by atoms with E-state index in [0.717, 1.165) is 27.4 Å². The van der Waals surface area contributed by atoms with Gasteiger partial charge in [-0.3, -0.25) is 18.9 Å². The molecule has 0 spiro atoms. The van der Waals surface area contributed by atoms with Gasteiger partial charge in [-0.15, -0.1) is 0 Å². The van der Waals surface area contributed by atoms with Gasteiger partial charge in [0.1, 0.15) is 5.92 Å². The highest BCUT2D eigenvalue weighted by Crippen LogP contribution is 2.38. The third kappa shape index (κ3) is 5.66. The molecule has 1 aliphatic heterocycles. The summed E-state index contributed by atoms with van der Waals surface area (Å²) in [7, 11) is -1.93. The summed E-state index contributed by atoms with van der Waals surface area (Å²) in [5.41, 5.74) is 4.68. The molecular weight excluding hydrogens is 546 g/mol. The van der Waals surface area contributed by atoms with Crippen molar-refractivity contribution in [3.05, 3.63) is 87.9 Å². The molecule has 0 radical (unpaired) electrons. The Morgan fingerprint density at radius 1 is 1.08 bits per heavy atom. The van der Waals surface area contributed by atoms with Crippen LogP contribution in [0.15, 0.2) is 76.2 Å². The summed E-state index contributed by atoms with van der Waals surface area (Å²) < 4.78 is 25.7. The predicted octanol–water partition coefficient (Wildman–Crippen LogP) is 4.72. The van der Waals surface area contributed by atoms with Gasteiger partial charge in [-0.1, -0.05) is 46.3 Å². The maximum absolute atomic E-state index is 13.1. The minimum atomic E-state index is -3.40. The molecule has 186 valence electrons. The molecule has 0 aliphatic carbocycles. The lowest BCUT2D eigenvalue weighted by molar-refractivity contribution is -0.137. The number of aliphatic imine (C=N–C) groups is 1. The van der Waals surface area contributed by atoms with Crippen molar-refractivity contribution in [1.82, 2.24) is 0 Å². The average molecular weight is 570 g/mol. The fourth-order valence-electron chi connectivity index (χ4n) is 3.96. The lowest BCUT2D eigenvalue weighted by Crippen LogP contribution is -2.24. The highest BCUT2D eigenvalue weighted by atomic mass is 79.9. The van der Waals surface area contributed by atoms with Crippen LogP contribution in [-0.2, 0) is 26.0 Å². The van der Waals surface area contributed by atoms with E-state index in [0.29, 0.717) is 29.2 Å². The summed E-state index contributed by atoms with van der Waals surface area (Å²) in [6, 6.07) is 19.7. The number of carboxylic acids is 1. The second kappa shape index (κ2) is 10.2. The molecule has 0 fully saturated rings. The topological polar surface area (TPSA) is 116 Å². The van der Waals surface area contributed by atoms with Crippen LogP contribution in [0.1, 0.15) is 29.0 Å². The van der Waals surface area contributed by atoms with Crippen LogP contribution in [0.5, 0.6) is 0 Å². The zero-order valence-electron chi connectivity index (χ0n) is 19.6. The predicted molar refractivity (Wildman–Crippen MR) is 144 cm³/mol. The third-order valence-electron chi connectivity index (χ3n) is 5.96. The van der Waals surface area contributed by atoms with E-state index in [4.69, 9.17) is 10.1 Å². The summed E-state index contributed by atoms with van der Waals surface area (Å²) in [6.45, 7) is 0. The van der Waals surface area contributed by atoms with Gasteiger partial charge in [0.25, 0.3) is 0 Å². The first-order valence-electron chi connectivity index (χ1n) is 11.1. The quantitative estimate of drug-likeness (QED) is 0.381. The van der Waals surface area contributed by atoms with E-state index < -0.39 is 21.9 Å². The number of nitrogens with zero attached hydrogens (tertiary/aromatic N) is 2. The molecule has 4 rings (SSSR count). The lowest BCUT2D eigenvalue weighted by Gasteiger charge is -2.17. The average Bonchev–Trinajstić information content (AvgIpc) is 3.15. The smallest absolute Gasteiger partial charge is 0.303 e. The number of fused-ring (bicyclic) bond motifs is 1. The van der Waals surface area contributed by atoms with E-state index >= 15 is 0 Å². The first-order chi connectivity index (χ1) is 17.0. The van der Waals surface area contributed by atoms with Crippen LogP contribution in [0, 0.1) is 0 Å². The first-order valence-corrected chi connectivity index (χ1v) is 13.7. The number of hydrogen-bond donors (Lipinski definition) is 2. The van der Waals surface area contributed by atoms with Crippen molar-refractivity contribution in [1.29, 1.82) is 0 Å². The fourth-order valence-corrected chi connectivity index (χ4v) is 4.83. The van der Waals surface area contributed by atoms with Crippen LogP contribution in [0.4, 0.5) is 17.1 Å². The molecular formula is C26H24BrN3O5S. The van der Waals surface area contributed by atoms with Crippen LogP contribution in [0.25, 0.3) is 0 Å². The number of amides is 1. The van der Waals surface area contributed by atoms with E-state index in [9.17, 15) is 18.0 Å². The van der Waals surface area contributed by atoms with Crippen LogP contribution >= 0.6 is 15.9 Å². The molecule has 0 aromatic heterocycles. The SMILES string of the molecule is CN(c1ccc(N=C(c2ccc(CCC(=O)O)cc2)C2C(=O)Nc3cc(Br)ccc32)cc1)S(C)(=O)=O. The Bertz CT molecular complexity index is 1450. The maximum Gasteiger partial charge on any atom is 0.303 e. The Balaban J connectivity index is 1.76. The number of carbonyl (C=O) groups excluding carboxylic acids is 1. The molecule has 3 aromatic carbocycles. The molecule has 36 heavy (non-hydrogen) atoms. The largest absolute Gasteiger partial charge is 0.481 e. The summed E-state index contributed by atoms with van der Waals surface area (Å²) in [6.07, 6.45) is 1.56. The number of nitrogens with one attached hydrogen (secondary N) is 1. The molecule has 0 saturated carbocycles. The number of carbonyl (C=O) groups is 2. The van der Waals surface area contributed by atoms with E-state index in [1.165, 1.54) is 11.4 Å². The number of benzene rings is 3. The minimum Gasteiger partial charge on any atom is -0.481 e. The van der Waals surface area contributed by atoms with Crippen molar-refractivity contribution < 1.29 is 23.1 Å². The Morgan fingerprint density at radius 3 is 2.36 bits per heavy atom. The van der Waals surface area contributed by atoms with E-state index in [2.05, 4.69) is 21.2 Å². The van der Waals surface area contributed by atoms with Crippen molar-refractivity contribution in [2.75, 3.05) is 22.9 Å². The van der Waals surface area contributed by atoms with Crippen molar-refractivity contribution in [3.63, 3.8) is 0 Å². The molecule has 1 heterocycles. The van der Waals surface area contributed by atoms with E-state index in [1.807, 2.05) is 42.5 Å². The van der Waals surface area contributed by atoms with Crippen molar-refractivity contribution in [3.8, 4) is 0 Å². The Kier molecular flexibility index (Phi) is 7.28. The zero-order chi connectivity index (χ0) is 26.0. The standard InChI is InChI=1S/C26H24BrN3O5S/c1-30(36(2,34)35)20-11-9-19(10-12-20)28-25(17-6-3-16(4-7-17)5-14-23(31)32)24-21-13-8-18(27)15-22(21)29-26(24)33/h3-4,6-13,15,24H,5,14H2,1-2H3,(H,29,33)(H,31,32). The lowest BCUT2D eigenvalue weighted by atomic mass is 9.90. The summed E-state index contributed by atoms with van der Waals surface area (Å²) in [5, 5.41) is 11.9. The summed E-state index contributed by atoms with van der Waals surface area (Å²) >= 11 is 3.44. The molecule has 0 saturated heterocycles. The fraction of sp³-hybridized carbons (Fsp3) is 0.192. The van der Waals surface area contributed by atoms with Gasteiger partial charge in [0, 0.05) is 23.6 Å². The Morgan fingerprint density at radius 2 is 1.75 bits per heavy atom. The molecule has 1 atom stereocenters. The minimum absolute atomic E-state index is 0.0296. The molecule has 10 heteroatoms. The number of carboxylic acid groups (broad SMARTS) is 1. The number of anilines is 2. The number of aryl methyl sites for hydroxylation is 1. The molecule has 8 nitrogen and oxygen atoms in total. The van der Waals surface area contributed by atoms with Gasteiger partial charge in [-0.05, 0) is 59.5 Å². The third-order valence-corrected chi connectivity index (χ3v) is 7.66. The molecule has 1 aliphatic rings. The van der Waals surface area contributed by atoms with Crippen LogP contribution in [0.3, 0.4) is 0 Å². The van der Waals surface area contributed by atoms with E-state index in [-0.39, 0.29) is 12.3 Å². The second-order valence-electron chi connectivity index (χ2n) is 8.49. The molecule has 2 N–H and O–H groups in total. The first kappa shape index (κ1) is 25.6. The van der Waals surface area contributed by atoms with Gasteiger partial charge in [0.05, 0.1) is 23.3 Å². The van der Waals surface area contributed by atoms with Gasteiger partial charge >= 0.3 is 5.97 Å². The van der Waals surface area contributed by atoms with Gasteiger partial charge in [-0.2, -0.15) is 0 Å². The van der Waals surface area contributed by atoms with Crippen molar-refractivity contribution in [2.24, 2.45) is 4.99 Å². The molecule has 1 unspecified atom stereocenters. The Hall–Kier alpha value is -3.50. The number of rotatable bonds is 8. The highest BCUT2D eigenvalue weighted by Gasteiger charge is 2.35. The Labute approximate surface area is 217 Å². The summed E-state index contributed by atoms with van der Waals surface area (Å²) in [5.74, 6) is -1.72. The monoisotopic (exact) mass is 569 g/mol. The maximum atomic E-state index is 13.1.